The minimum Gasteiger partial charge on any atom is -0.350 e. The molecular weight excluding hydrogens is 608 g/mol. The first-order valence-electron chi connectivity index (χ1n) is 14.2. The summed E-state index contributed by atoms with van der Waals surface area (Å²) in [6.07, 6.45) is 2.32. The molecule has 4 aromatic rings. The predicted molar refractivity (Wildman–Crippen MR) is 164 cm³/mol. The fourth-order valence-corrected chi connectivity index (χ4v) is 6.76. The molecule has 9 nitrogen and oxygen atoms in total. The molecule has 0 unspecified atom stereocenters. The topological polar surface area (TPSA) is 113 Å². The number of likely N-dealkylation sites (tertiary alicyclic amines) is 1. The average Bonchev–Trinajstić information content (AvgIpc) is 3.71. The second kappa shape index (κ2) is 12.0. The van der Waals surface area contributed by atoms with Crippen molar-refractivity contribution >= 4 is 63.3 Å². The number of hydrogen-bond donors (Lipinski definition) is 2. The van der Waals surface area contributed by atoms with Crippen LogP contribution in [0.3, 0.4) is 0 Å². The minimum absolute atomic E-state index is 0.000378. The fourth-order valence-electron chi connectivity index (χ4n) is 6.35. The fraction of sp³-hybridized carbons (Fsp3) is 0.281. The van der Waals surface area contributed by atoms with Crippen LogP contribution in [0.25, 0.3) is 10.9 Å². The molecule has 0 radical (unpaired) electrons. The standard InChI is InChI=1S/C32H28Cl2FN5O4/c1-17(41)29-23-14-20(37-31(43)22-6-2-3-7-24(22)33)10-12-26(23)39(38-29)16-27(42)40-21-11-9-18(13-21)30(40)32(44)36-15-19-5-4-8-25(34)28(19)35/h2-8,10,12,14,18,21,30H,9,11,13,15-16H2,1H3,(H,36,44)(H,37,43)/t18-,21+,30-/m0/s1. The third-order valence-electron chi connectivity index (χ3n) is 8.37. The van der Waals surface area contributed by atoms with Crippen LogP contribution in [0, 0.1) is 11.7 Å². The first kappa shape index (κ1) is 29.8. The van der Waals surface area contributed by atoms with Crippen molar-refractivity contribution in [3.63, 3.8) is 0 Å². The predicted octanol–water partition coefficient (Wildman–Crippen LogP) is 5.63. The van der Waals surface area contributed by atoms with Crippen molar-refractivity contribution in [1.29, 1.82) is 0 Å². The SMILES string of the molecule is CC(=O)c1nn(CC(=O)N2[C@@H]3CC[C@@H](C3)[C@H]2C(=O)NCc2cccc(Cl)c2F)c2ccc(NC(=O)c3ccccc3Cl)cc12. The summed E-state index contributed by atoms with van der Waals surface area (Å²) in [7, 11) is 0. The molecule has 1 saturated heterocycles. The van der Waals surface area contributed by atoms with Crippen LogP contribution in [0.4, 0.5) is 10.1 Å². The zero-order valence-corrected chi connectivity index (χ0v) is 25.2. The molecule has 44 heavy (non-hydrogen) atoms. The summed E-state index contributed by atoms with van der Waals surface area (Å²) in [6, 6.07) is 15.5. The van der Waals surface area contributed by atoms with Gasteiger partial charge in [-0.3, -0.25) is 23.9 Å². The third-order valence-corrected chi connectivity index (χ3v) is 8.99. The molecule has 3 aromatic carbocycles. The molecule has 2 bridgehead atoms. The number of carbonyl (C=O) groups is 4. The maximum atomic E-state index is 14.4. The van der Waals surface area contributed by atoms with Gasteiger partial charge in [-0.05, 0) is 61.6 Å². The highest BCUT2D eigenvalue weighted by atomic mass is 35.5. The lowest BCUT2D eigenvalue weighted by atomic mass is 9.97. The van der Waals surface area contributed by atoms with Crippen molar-refractivity contribution < 1.29 is 23.6 Å². The molecule has 1 aliphatic heterocycles. The van der Waals surface area contributed by atoms with Gasteiger partial charge in [0.2, 0.25) is 11.8 Å². The van der Waals surface area contributed by atoms with Crippen LogP contribution in [-0.4, -0.2) is 50.3 Å². The molecule has 1 saturated carbocycles. The molecule has 226 valence electrons. The van der Waals surface area contributed by atoms with Crippen molar-refractivity contribution in [3.8, 4) is 0 Å². The summed E-state index contributed by atoms with van der Waals surface area (Å²) in [5.41, 5.74) is 1.68. The lowest BCUT2D eigenvalue weighted by Crippen LogP contribution is -2.53. The van der Waals surface area contributed by atoms with Crippen LogP contribution in [0.2, 0.25) is 10.0 Å². The number of fused-ring (bicyclic) bond motifs is 3. The van der Waals surface area contributed by atoms with Crippen molar-refractivity contribution in [3.05, 3.63) is 93.3 Å². The van der Waals surface area contributed by atoms with Gasteiger partial charge in [0.1, 0.15) is 24.1 Å². The number of aromatic nitrogens is 2. The van der Waals surface area contributed by atoms with Gasteiger partial charge in [-0.25, -0.2) is 4.39 Å². The van der Waals surface area contributed by atoms with E-state index < -0.39 is 17.8 Å². The number of rotatable bonds is 8. The van der Waals surface area contributed by atoms with Crippen LogP contribution in [0.1, 0.15) is 52.6 Å². The summed E-state index contributed by atoms with van der Waals surface area (Å²) in [5.74, 6) is -1.95. The maximum Gasteiger partial charge on any atom is 0.257 e. The second-order valence-corrected chi connectivity index (χ2v) is 11.9. The van der Waals surface area contributed by atoms with Crippen molar-refractivity contribution in [2.45, 2.75) is 51.4 Å². The van der Waals surface area contributed by atoms with E-state index in [2.05, 4.69) is 15.7 Å². The number of hydrogen-bond acceptors (Lipinski definition) is 5. The van der Waals surface area contributed by atoms with Crippen LogP contribution >= 0.6 is 23.2 Å². The molecule has 3 amide bonds. The van der Waals surface area contributed by atoms with Gasteiger partial charge >= 0.3 is 0 Å². The van der Waals surface area contributed by atoms with E-state index in [-0.39, 0.29) is 58.9 Å². The molecule has 1 aliphatic carbocycles. The summed E-state index contributed by atoms with van der Waals surface area (Å²) in [5, 5.41) is 10.8. The minimum atomic E-state index is -0.691. The molecular formula is C32H28Cl2FN5O4. The van der Waals surface area contributed by atoms with Crippen molar-refractivity contribution in [2.24, 2.45) is 5.92 Å². The highest BCUT2D eigenvalue weighted by molar-refractivity contribution is 6.34. The van der Waals surface area contributed by atoms with Gasteiger partial charge in [0.25, 0.3) is 5.91 Å². The molecule has 2 fully saturated rings. The molecule has 2 N–H and O–H groups in total. The van der Waals surface area contributed by atoms with E-state index in [4.69, 9.17) is 23.2 Å². The quantitative estimate of drug-likeness (QED) is 0.244. The van der Waals surface area contributed by atoms with E-state index in [1.54, 1.807) is 59.5 Å². The Labute approximate surface area is 262 Å². The second-order valence-electron chi connectivity index (χ2n) is 11.1. The van der Waals surface area contributed by atoms with Gasteiger partial charge in [0, 0.05) is 36.1 Å². The van der Waals surface area contributed by atoms with E-state index in [0.717, 1.165) is 12.8 Å². The van der Waals surface area contributed by atoms with E-state index in [9.17, 15) is 23.6 Å². The van der Waals surface area contributed by atoms with E-state index >= 15 is 0 Å². The van der Waals surface area contributed by atoms with Gasteiger partial charge in [-0.2, -0.15) is 5.10 Å². The molecule has 12 heteroatoms. The Morgan fingerprint density at radius 1 is 1.00 bits per heavy atom. The number of piperidine rings is 1. The summed E-state index contributed by atoms with van der Waals surface area (Å²) < 4.78 is 15.8. The molecule has 6 rings (SSSR count). The lowest BCUT2D eigenvalue weighted by Gasteiger charge is -2.34. The summed E-state index contributed by atoms with van der Waals surface area (Å²) in [4.78, 5) is 54.1. The largest absolute Gasteiger partial charge is 0.350 e. The number of halogens is 3. The zero-order chi connectivity index (χ0) is 31.1. The molecule has 1 aromatic heterocycles. The molecule has 2 aliphatic rings. The number of carbonyl (C=O) groups excluding carboxylic acids is 4. The molecule has 2 heterocycles. The van der Waals surface area contributed by atoms with Gasteiger partial charge in [0.05, 0.1) is 21.1 Å². The van der Waals surface area contributed by atoms with Crippen LogP contribution in [0.5, 0.6) is 0 Å². The van der Waals surface area contributed by atoms with Crippen LogP contribution < -0.4 is 10.6 Å². The highest BCUT2D eigenvalue weighted by Crippen LogP contribution is 2.43. The monoisotopic (exact) mass is 635 g/mol. The van der Waals surface area contributed by atoms with Crippen molar-refractivity contribution in [2.75, 3.05) is 5.32 Å². The number of benzene rings is 3. The molecule has 3 atom stereocenters. The van der Waals surface area contributed by atoms with Gasteiger partial charge in [-0.1, -0.05) is 47.5 Å². The van der Waals surface area contributed by atoms with Gasteiger partial charge in [-0.15, -0.1) is 0 Å². The highest BCUT2D eigenvalue weighted by Gasteiger charge is 2.51. The number of ketones is 1. The molecule has 0 spiro atoms. The van der Waals surface area contributed by atoms with E-state index in [1.165, 1.54) is 17.7 Å². The first-order chi connectivity index (χ1) is 21.1. The van der Waals surface area contributed by atoms with Gasteiger partial charge in [0.15, 0.2) is 5.78 Å². The summed E-state index contributed by atoms with van der Waals surface area (Å²) in [6.45, 7) is 1.14. The lowest BCUT2D eigenvalue weighted by molar-refractivity contribution is -0.143. The first-order valence-corrected chi connectivity index (χ1v) is 15.0. The number of Topliss-reactive ketones (excluding diaryl/α,β-unsaturated/α-hetero) is 1. The Bertz CT molecular complexity index is 1830. The smallest absolute Gasteiger partial charge is 0.257 e. The number of anilines is 1. The zero-order valence-electron chi connectivity index (χ0n) is 23.6. The Hall–Kier alpha value is -4.28. The summed E-state index contributed by atoms with van der Waals surface area (Å²) >= 11 is 12.0. The Morgan fingerprint density at radius 2 is 1.77 bits per heavy atom. The number of amides is 3. The third kappa shape index (κ3) is 5.55. The number of nitrogens with one attached hydrogen (secondary N) is 2. The van der Waals surface area contributed by atoms with Crippen LogP contribution in [0.15, 0.2) is 60.7 Å². The van der Waals surface area contributed by atoms with Gasteiger partial charge < -0.3 is 15.5 Å². The Kier molecular flexibility index (Phi) is 8.13. The average molecular weight is 637 g/mol. The normalized spacial score (nSPS) is 18.9. The van der Waals surface area contributed by atoms with E-state index in [0.29, 0.717) is 33.6 Å². The Morgan fingerprint density at radius 3 is 2.55 bits per heavy atom. The number of nitrogens with zero attached hydrogens (tertiary/aromatic N) is 3. The maximum absolute atomic E-state index is 14.4. The Balaban J connectivity index is 1.22. The van der Waals surface area contributed by atoms with E-state index in [1.807, 2.05) is 0 Å². The van der Waals surface area contributed by atoms with Crippen molar-refractivity contribution in [1.82, 2.24) is 20.0 Å². The van der Waals surface area contributed by atoms with Crippen LogP contribution in [-0.2, 0) is 22.7 Å².